The minimum Gasteiger partial charge on any atom is -0.497 e. The molecule has 3 aromatic rings. The van der Waals surface area contributed by atoms with E-state index in [2.05, 4.69) is 10.6 Å². The monoisotopic (exact) mass is 412 g/mol. The number of anilines is 2. The lowest BCUT2D eigenvalue weighted by Crippen LogP contribution is -2.22. The van der Waals surface area contributed by atoms with Gasteiger partial charge in [0.1, 0.15) is 5.75 Å². The number of hydrogen-bond donors (Lipinski definition) is 2. The van der Waals surface area contributed by atoms with Crippen LogP contribution in [0.3, 0.4) is 0 Å². The Morgan fingerprint density at radius 3 is 2.21 bits per heavy atom. The van der Waals surface area contributed by atoms with Crippen molar-refractivity contribution in [3.8, 4) is 5.75 Å². The Hall–Kier alpha value is -2.77. The molecule has 0 fully saturated rings. The summed E-state index contributed by atoms with van der Waals surface area (Å²) >= 11 is 2.86. The van der Waals surface area contributed by atoms with E-state index in [1.165, 1.54) is 23.1 Å². The highest BCUT2D eigenvalue weighted by atomic mass is 32.2. The smallest absolute Gasteiger partial charge is 0.265 e. The van der Waals surface area contributed by atoms with E-state index < -0.39 is 0 Å². The first-order valence-corrected chi connectivity index (χ1v) is 10.4. The van der Waals surface area contributed by atoms with Gasteiger partial charge in [-0.15, -0.1) is 23.1 Å². The maximum absolute atomic E-state index is 12.4. The summed E-state index contributed by atoms with van der Waals surface area (Å²) in [7, 11) is 1.60. The Morgan fingerprint density at radius 2 is 1.61 bits per heavy atom. The molecule has 0 aliphatic rings. The van der Waals surface area contributed by atoms with Gasteiger partial charge in [-0.3, -0.25) is 9.59 Å². The van der Waals surface area contributed by atoms with Crippen LogP contribution in [-0.4, -0.2) is 24.2 Å². The fraction of sp³-hybridized carbons (Fsp3) is 0.143. The molecule has 0 radical (unpaired) electrons. The zero-order valence-electron chi connectivity index (χ0n) is 15.5. The fourth-order valence-electron chi connectivity index (χ4n) is 2.39. The molecule has 0 bridgehead atoms. The second kappa shape index (κ2) is 9.43. The van der Waals surface area contributed by atoms with Crippen LogP contribution in [0.5, 0.6) is 5.75 Å². The molecular weight excluding hydrogens is 392 g/mol. The SMILES string of the molecule is COc1ccc(NC(=O)C(C)Sc2ccc(NC(=O)c3cccs3)cc2)cc1. The van der Waals surface area contributed by atoms with E-state index >= 15 is 0 Å². The van der Waals surface area contributed by atoms with E-state index in [-0.39, 0.29) is 17.1 Å². The maximum atomic E-state index is 12.4. The van der Waals surface area contributed by atoms with Crippen molar-refractivity contribution in [2.24, 2.45) is 0 Å². The number of methoxy groups -OCH3 is 1. The lowest BCUT2D eigenvalue weighted by atomic mass is 10.3. The number of amides is 2. The second-order valence-electron chi connectivity index (χ2n) is 5.93. The van der Waals surface area contributed by atoms with Gasteiger partial charge >= 0.3 is 0 Å². The molecule has 2 amide bonds. The number of ether oxygens (including phenoxy) is 1. The van der Waals surface area contributed by atoms with Crippen LogP contribution in [0.15, 0.2) is 70.9 Å². The first kappa shape index (κ1) is 20.0. The number of hydrogen-bond acceptors (Lipinski definition) is 5. The number of carbonyl (C=O) groups is 2. The lowest BCUT2D eigenvalue weighted by molar-refractivity contribution is -0.115. The molecule has 7 heteroatoms. The zero-order valence-corrected chi connectivity index (χ0v) is 17.1. The predicted octanol–water partition coefficient (Wildman–Crippen LogP) is 5.13. The van der Waals surface area contributed by atoms with Crippen LogP contribution in [0, 0.1) is 0 Å². The number of benzene rings is 2. The number of thiophene rings is 1. The molecule has 144 valence electrons. The van der Waals surface area contributed by atoms with Crippen LogP contribution >= 0.6 is 23.1 Å². The molecular formula is C21H20N2O3S2. The average Bonchev–Trinajstić information content (AvgIpc) is 3.25. The van der Waals surface area contributed by atoms with Gasteiger partial charge in [-0.25, -0.2) is 0 Å². The third kappa shape index (κ3) is 5.37. The van der Waals surface area contributed by atoms with E-state index in [0.29, 0.717) is 4.88 Å². The number of rotatable bonds is 7. The molecule has 2 N–H and O–H groups in total. The van der Waals surface area contributed by atoms with Gasteiger partial charge in [0.15, 0.2) is 0 Å². The number of nitrogens with one attached hydrogen (secondary N) is 2. The van der Waals surface area contributed by atoms with E-state index in [4.69, 9.17) is 4.74 Å². The van der Waals surface area contributed by atoms with Gasteiger partial charge < -0.3 is 15.4 Å². The van der Waals surface area contributed by atoms with Gasteiger partial charge in [0.05, 0.1) is 17.2 Å². The van der Waals surface area contributed by atoms with Gasteiger partial charge in [-0.05, 0) is 66.9 Å². The van der Waals surface area contributed by atoms with Crippen molar-refractivity contribution in [1.29, 1.82) is 0 Å². The Labute approximate surface area is 172 Å². The van der Waals surface area contributed by atoms with Crippen molar-refractivity contribution in [1.82, 2.24) is 0 Å². The molecule has 5 nitrogen and oxygen atoms in total. The Balaban J connectivity index is 1.53. The Morgan fingerprint density at radius 1 is 0.964 bits per heavy atom. The highest BCUT2D eigenvalue weighted by Crippen LogP contribution is 2.26. The van der Waals surface area contributed by atoms with Crippen LogP contribution in [0.1, 0.15) is 16.6 Å². The van der Waals surface area contributed by atoms with Crippen LogP contribution in [0.25, 0.3) is 0 Å². The summed E-state index contributed by atoms with van der Waals surface area (Å²) < 4.78 is 5.11. The molecule has 0 saturated carbocycles. The van der Waals surface area contributed by atoms with Gasteiger partial charge in [0, 0.05) is 16.3 Å². The summed E-state index contributed by atoms with van der Waals surface area (Å²) in [6.07, 6.45) is 0. The second-order valence-corrected chi connectivity index (χ2v) is 8.30. The molecule has 3 rings (SSSR count). The molecule has 1 aromatic heterocycles. The van der Waals surface area contributed by atoms with Crippen LogP contribution in [-0.2, 0) is 4.79 Å². The highest BCUT2D eigenvalue weighted by Gasteiger charge is 2.15. The Bertz CT molecular complexity index is 923. The molecule has 0 spiro atoms. The summed E-state index contributed by atoms with van der Waals surface area (Å²) in [4.78, 5) is 26.1. The van der Waals surface area contributed by atoms with Crippen molar-refractivity contribution < 1.29 is 14.3 Å². The lowest BCUT2D eigenvalue weighted by Gasteiger charge is -2.13. The zero-order chi connectivity index (χ0) is 19.9. The minimum absolute atomic E-state index is 0.0785. The highest BCUT2D eigenvalue weighted by molar-refractivity contribution is 8.00. The van der Waals surface area contributed by atoms with E-state index in [1.54, 1.807) is 37.4 Å². The molecule has 1 atom stereocenters. The number of carbonyl (C=O) groups excluding carboxylic acids is 2. The molecule has 1 heterocycles. The quantitative estimate of drug-likeness (QED) is 0.528. The van der Waals surface area contributed by atoms with Gasteiger partial charge in [-0.2, -0.15) is 0 Å². The van der Waals surface area contributed by atoms with Crippen LogP contribution in [0.2, 0.25) is 0 Å². The summed E-state index contributed by atoms with van der Waals surface area (Å²) in [6.45, 7) is 1.86. The first-order valence-electron chi connectivity index (χ1n) is 8.61. The molecule has 0 saturated heterocycles. The third-order valence-electron chi connectivity index (χ3n) is 3.90. The normalized spacial score (nSPS) is 11.5. The van der Waals surface area contributed by atoms with Crippen molar-refractivity contribution >= 4 is 46.3 Å². The van der Waals surface area contributed by atoms with Crippen molar-refractivity contribution in [3.63, 3.8) is 0 Å². The van der Waals surface area contributed by atoms with Gasteiger partial charge in [-0.1, -0.05) is 6.07 Å². The van der Waals surface area contributed by atoms with Gasteiger partial charge in [0.2, 0.25) is 5.91 Å². The maximum Gasteiger partial charge on any atom is 0.265 e. The topological polar surface area (TPSA) is 67.4 Å². The third-order valence-corrected chi connectivity index (χ3v) is 5.88. The van der Waals surface area contributed by atoms with E-state index in [1.807, 2.05) is 42.6 Å². The summed E-state index contributed by atoms with van der Waals surface area (Å²) in [5.74, 6) is 0.541. The van der Waals surface area contributed by atoms with Crippen molar-refractivity contribution in [3.05, 3.63) is 70.9 Å². The van der Waals surface area contributed by atoms with E-state index in [0.717, 1.165) is 22.0 Å². The first-order chi connectivity index (χ1) is 13.5. The van der Waals surface area contributed by atoms with Crippen LogP contribution in [0.4, 0.5) is 11.4 Å². The molecule has 1 unspecified atom stereocenters. The minimum atomic E-state index is -0.270. The fourth-order valence-corrected chi connectivity index (χ4v) is 3.88. The van der Waals surface area contributed by atoms with Crippen LogP contribution < -0.4 is 15.4 Å². The van der Waals surface area contributed by atoms with Crippen molar-refractivity contribution in [2.75, 3.05) is 17.7 Å². The summed E-state index contributed by atoms with van der Waals surface area (Å²) in [6, 6.07) is 18.3. The number of thioether (sulfide) groups is 1. The van der Waals surface area contributed by atoms with Gasteiger partial charge in [0.25, 0.3) is 5.91 Å². The molecule has 0 aliphatic carbocycles. The average molecular weight is 413 g/mol. The molecule has 0 aliphatic heterocycles. The standard InChI is InChI=1S/C21H20N2O3S2/c1-14(20(24)22-15-5-9-17(26-2)10-6-15)28-18-11-7-16(8-12-18)23-21(25)19-4-3-13-27-19/h3-14H,1-2H3,(H,22,24)(H,23,25). The Kier molecular flexibility index (Phi) is 6.73. The molecule has 2 aromatic carbocycles. The summed E-state index contributed by atoms with van der Waals surface area (Å²) in [5.41, 5.74) is 1.45. The van der Waals surface area contributed by atoms with E-state index in [9.17, 15) is 9.59 Å². The predicted molar refractivity (Wildman–Crippen MR) is 116 cm³/mol. The van der Waals surface area contributed by atoms with Crippen molar-refractivity contribution in [2.45, 2.75) is 17.1 Å². The largest absolute Gasteiger partial charge is 0.497 e. The molecule has 28 heavy (non-hydrogen) atoms. The summed E-state index contributed by atoms with van der Waals surface area (Å²) in [5, 5.41) is 7.36.